The first-order chi connectivity index (χ1) is 19.8. The molecule has 4 aromatic rings. The summed E-state index contributed by atoms with van der Waals surface area (Å²) in [5.74, 6) is 0.793. The van der Waals surface area contributed by atoms with E-state index in [1.165, 1.54) is 31.6 Å². The van der Waals surface area contributed by atoms with Gasteiger partial charge < -0.3 is 34.9 Å². The van der Waals surface area contributed by atoms with E-state index in [1.54, 1.807) is 18.3 Å². The van der Waals surface area contributed by atoms with Gasteiger partial charge in [-0.3, -0.25) is 4.79 Å². The molecule has 10 nitrogen and oxygen atoms in total. The molecule has 3 N–H and O–H groups in total. The van der Waals surface area contributed by atoms with Gasteiger partial charge in [0.2, 0.25) is 5.91 Å². The summed E-state index contributed by atoms with van der Waals surface area (Å²) in [4.78, 5) is 23.5. The number of carbonyl (C=O) groups is 1. The van der Waals surface area contributed by atoms with E-state index in [4.69, 9.17) is 37.4 Å². The number of ether oxygens (including phenoxy) is 3. The Bertz CT molecular complexity index is 1580. The van der Waals surface area contributed by atoms with Crippen molar-refractivity contribution < 1.29 is 24.1 Å². The second-order valence-electron chi connectivity index (χ2n) is 8.96. The van der Waals surface area contributed by atoms with Crippen LogP contribution >= 0.6 is 34.5 Å². The number of morpholine rings is 1. The Hall–Kier alpha value is -3.61. The Labute approximate surface area is 250 Å². The molecule has 0 saturated carbocycles. The predicted octanol–water partition coefficient (Wildman–Crippen LogP) is 5.80. The molecule has 1 unspecified atom stereocenters. The molecule has 0 aliphatic carbocycles. The van der Waals surface area contributed by atoms with Gasteiger partial charge in [0, 0.05) is 42.7 Å². The van der Waals surface area contributed by atoms with Crippen LogP contribution in [0.25, 0.3) is 10.2 Å². The van der Waals surface area contributed by atoms with Crippen molar-refractivity contribution in [2.24, 2.45) is 0 Å². The summed E-state index contributed by atoms with van der Waals surface area (Å²) in [6.45, 7) is 6.37. The average molecular weight is 617 g/mol. The number of rotatable bonds is 9. The van der Waals surface area contributed by atoms with Gasteiger partial charge in [0.1, 0.15) is 28.4 Å². The fraction of sp³-hybridized carbons (Fsp3) is 0.250. The van der Waals surface area contributed by atoms with Crippen LogP contribution in [-0.2, 0) is 9.53 Å². The lowest BCUT2D eigenvalue weighted by molar-refractivity contribution is -0.111. The maximum absolute atomic E-state index is 12.2. The lowest BCUT2D eigenvalue weighted by atomic mass is 10.1. The summed E-state index contributed by atoms with van der Waals surface area (Å²) in [6.07, 6.45) is 1.64. The summed E-state index contributed by atoms with van der Waals surface area (Å²) in [7, 11) is 2.93. The minimum absolute atomic E-state index is 0.167. The zero-order valence-corrected chi connectivity index (χ0v) is 24.6. The lowest BCUT2D eigenvalue weighted by Gasteiger charge is -2.29. The highest BCUT2D eigenvalue weighted by atomic mass is 35.5. The molecular weight excluding hydrogens is 589 g/mol. The number of benzene rings is 2. The van der Waals surface area contributed by atoms with Crippen molar-refractivity contribution >= 4 is 73.5 Å². The Morgan fingerprint density at radius 1 is 1.15 bits per heavy atom. The van der Waals surface area contributed by atoms with Gasteiger partial charge in [-0.2, -0.15) is 0 Å². The number of amides is 1. The molecule has 5 rings (SSSR count). The zero-order valence-electron chi connectivity index (χ0n) is 22.2. The van der Waals surface area contributed by atoms with E-state index in [2.05, 4.69) is 32.1 Å². The van der Waals surface area contributed by atoms with Crippen LogP contribution in [0.3, 0.4) is 0 Å². The first-order valence-electron chi connectivity index (χ1n) is 12.5. The molecule has 41 heavy (non-hydrogen) atoms. The van der Waals surface area contributed by atoms with Crippen molar-refractivity contribution in [3.63, 3.8) is 0 Å². The van der Waals surface area contributed by atoms with Gasteiger partial charge in [-0.1, -0.05) is 29.8 Å². The number of thiazole rings is 1. The topological polar surface area (TPSA) is 118 Å². The molecule has 1 aliphatic rings. The quantitative estimate of drug-likeness (QED) is 0.201. The molecule has 1 fully saturated rings. The zero-order chi connectivity index (χ0) is 29.1. The fourth-order valence-corrected chi connectivity index (χ4v) is 6.01. The smallest absolute Gasteiger partial charge is 0.247 e. The van der Waals surface area contributed by atoms with Crippen LogP contribution in [-0.4, -0.2) is 61.5 Å². The third-order valence-corrected chi connectivity index (χ3v) is 8.33. The van der Waals surface area contributed by atoms with Crippen LogP contribution in [0.4, 0.5) is 22.9 Å². The number of pyridine rings is 1. The second-order valence-corrected chi connectivity index (χ2v) is 10.8. The van der Waals surface area contributed by atoms with Gasteiger partial charge in [-0.05, 0) is 24.3 Å². The van der Waals surface area contributed by atoms with Gasteiger partial charge in [-0.25, -0.2) is 9.97 Å². The van der Waals surface area contributed by atoms with Crippen molar-refractivity contribution in [3.05, 3.63) is 69.8 Å². The minimum Gasteiger partial charge on any atom is -0.495 e. The number of aliphatic hydroxyl groups excluding tert-OH is 1. The molecule has 214 valence electrons. The van der Waals surface area contributed by atoms with E-state index in [-0.39, 0.29) is 21.5 Å². The standard InChI is InChI=1S/C28H27Cl2N5O5S/c1-4-23(36)33-17-11-15(35-7-9-40-10-8-35)5-6-16(17)32-22-12-18-21(14-31-22)41-28(34-18)27(37)24-25(29)19(38-2)13-20(39-3)26(24)30/h4-6,11-14,27,37H,1,7-10H2,2-3H3,(H,31,32)(H,33,36). The van der Waals surface area contributed by atoms with Crippen LogP contribution < -0.4 is 25.0 Å². The van der Waals surface area contributed by atoms with Crippen LogP contribution in [0.2, 0.25) is 10.0 Å². The van der Waals surface area contributed by atoms with Gasteiger partial charge in [0.15, 0.2) is 0 Å². The molecule has 2 aromatic carbocycles. The number of aromatic nitrogens is 2. The van der Waals surface area contributed by atoms with Gasteiger partial charge in [-0.15, -0.1) is 11.3 Å². The minimum atomic E-state index is -1.23. The number of fused-ring (bicyclic) bond motifs is 1. The number of nitrogens with one attached hydrogen (secondary N) is 2. The van der Waals surface area contributed by atoms with Gasteiger partial charge >= 0.3 is 0 Å². The Morgan fingerprint density at radius 3 is 2.51 bits per heavy atom. The molecule has 1 aliphatic heterocycles. The van der Waals surface area contributed by atoms with E-state index in [0.717, 1.165) is 23.5 Å². The summed E-state index contributed by atoms with van der Waals surface area (Å²) < 4.78 is 16.9. The summed E-state index contributed by atoms with van der Waals surface area (Å²) >= 11 is 14.3. The third-order valence-electron chi connectivity index (χ3n) is 6.49. The molecular formula is C28H27Cl2N5O5S. The van der Waals surface area contributed by atoms with E-state index in [0.29, 0.717) is 52.4 Å². The van der Waals surface area contributed by atoms with Crippen molar-refractivity contribution in [1.29, 1.82) is 0 Å². The van der Waals surface area contributed by atoms with Crippen LogP contribution in [0.5, 0.6) is 11.5 Å². The first-order valence-corrected chi connectivity index (χ1v) is 14.1. The van der Waals surface area contributed by atoms with Crippen molar-refractivity contribution in [2.75, 3.05) is 56.1 Å². The van der Waals surface area contributed by atoms with Crippen molar-refractivity contribution in [1.82, 2.24) is 9.97 Å². The SMILES string of the molecule is C=CC(=O)Nc1cc(N2CCOCC2)ccc1Nc1cc2nc(C(O)c3c(Cl)c(OC)cc(OC)c3Cl)sc2cn1. The molecule has 1 saturated heterocycles. The highest BCUT2D eigenvalue weighted by molar-refractivity contribution is 7.18. The highest BCUT2D eigenvalue weighted by Crippen LogP contribution is 2.46. The number of hydrogen-bond acceptors (Lipinski definition) is 10. The maximum atomic E-state index is 12.2. The Morgan fingerprint density at radius 2 is 1.85 bits per heavy atom. The highest BCUT2D eigenvalue weighted by Gasteiger charge is 2.26. The largest absolute Gasteiger partial charge is 0.495 e. The number of carbonyl (C=O) groups excluding carboxylic acids is 1. The number of hydrogen-bond donors (Lipinski definition) is 3. The summed E-state index contributed by atoms with van der Waals surface area (Å²) in [5.41, 5.74) is 3.02. The monoisotopic (exact) mass is 615 g/mol. The van der Waals surface area contributed by atoms with Crippen LogP contribution in [0, 0.1) is 0 Å². The molecule has 13 heteroatoms. The van der Waals surface area contributed by atoms with Crippen LogP contribution in [0.15, 0.2) is 49.2 Å². The Kier molecular flexibility index (Phi) is 8.81. The molecule has 2 aromatic heterocycles. The first kappa shape index (κ1) is 28.9. The summed E-state index contributed by atoms with van der Waals surface area (Å²) in [5, 5.41) is 18.1. The van der Waals surface area contributed by atoms with Gasteiger partial charge in [0.25, 0.3) is 0 Å². The lowest BCUT2D eigenvalue weighted by Crippen LogP contribution is -2.36. The number of nitrogens with zero attached hydrogens (tertiary/aromatic N) is 3. The van der Waals surface area contributed by atoms with Crippen molar-refractivity contribution in [3.8, 4) is 11.5 Å². The molecule has 1 amide bonds. The predicted molar refractivity (Wildman–Crippen MR) is 163 cm³/mol. The summed E-state index contributed by atoms with van der Waals surface area (Å²) in [6, 6.07) is 9.07. The van der Waals surface area contributed by atoms with Crippen LogP contribution in [0.1, 0.15) is 16.7 Å². The molecule has 3 heterocycles. The molecule has 0 bridgehead atoms. The maximum Gasteiger partial charge on any atom is 0.247 e. The van der Waals surface area contributed by atoms with Gasteiger partial charge in [0.05, 0.1) is 59.1 Å². The number of aliphatic hydroxyl groups is 1. The van der Waals surface area contributed by atoms with E-state index in [1.807, 2.05) is 18.2 Å². The van der Waals surface area contributed by atoms with E-state index < -0.39 is 6.10 Å². The molecule has 1 atom stereocenters. The van der Waals surface area contributed by atoms with E-state index in [9.17, 15) is 9.90 Å². The van der Waals surface area contributed by atoms with E-state index >= 15 is 0 Å². The second kappa shape index (κ2) is 12.5. The van der Waals surface area contributed by atoms with Crippen molar-refractivity contribution in [2.45, 2.75) is 6.10 Å². The molecule has 0 radical (unpaired) electrons. The normalized spacial score (nSPS) is 14.0. The number of halogens is 2. The average Bonchev–Trinajstić information content (AvgIpc) is 3.42. The third kappa shape index (κ3) is 6.04. The Balaban J connectivity index is 1.45. The molecule has 0 spiro atoms. The number of anilines is 4. The fourth-order valence-electron chi connectivity index (χ4n) is 4.39. The number of methoxy groups -OCH3 is 2.